The van der Waals surface area contributed by atoms with Crippen molar-refractivity contribution in [1.82, 2.24) is 15.1 Å². The third-order valence-corrected chi connectivity index (χ3v) is 3.62. The average Bonchev–Trinajstić information content (AvgIpc) is 2.52. The van der Waals surface area contributed by atoms with Gasteiger partial charge in [0.2, 0.25) is 0 Å². The summed E-state index contributed by atoms with van der Waals surface area (Å²) in [4.78, 5) is 15.9. The summed E-state index contributed by atoms with van der Waals surface area (Å²) in [6.07, 6.45) is 0. The molecule has 0 bridgehead atoms. The summed E-state index contributed by atoms with van der Waals surface area (Å²) >= 11 is 0. The molecule has 1 saturated heterocycles. The van der Waals surface area contributed by atoms with Crippen LogP contribution in [0.1, 0.15) is 10.4 Å². The molecule has 2 rings (SSSR count). The van der Waals surface area contributed by atoms with Crippen molar-refractivity contribution in [3.8, 4) is 0 Å². The first-order chi connectivity index (χ1) is 10.5. The third kappa shape index (κ3) is 3.96. The molecule has 1 aromatic rings. The smallest absolute Gasteiger partial charge is 0.255 e. The number of carbonyl (C=O) groups excluding carboxylic acids is 1. The Morgan fingerprint density at radius 3 is 2.36 bits per heavy atom. The zero-order valence-electron chi connectivity index (χ0n) is 12.0. The van der Waals surface area contributed by atoms with Crippen LogP contribution in [0.2, 0.25) is 0 Å². The summed E-state index contributed by atoms with van der Waals surface area (Å²) in [5, 5.41) is 11.3. The first-order valence-corrected chi connectivity index (χ1v) is 7.00. The van der Waals surface area contributed by atoms with Crippen molar-refractivity contribution < 1.29 is 23.1 Å². The molecule has 1 aliphatic heterocycles. The average molecular weight is 317 g/mol. The van der Waals surface area contributed by atoms with Crippen LogP contribution in [0.5, 0.6) is 0 Å². The minimum Gasteiger partial charge on any atom is -0.395 e. The summed E-state index contributed by atoms with van der Waals surface area (Å²) in [6, 6.07) is 1.64. The van der Waals surface area contributed by atoms with Gasteiger partial charge in [-0.05, 0) is 12.1 Å². The number of hydrogen-bond acceptors (Lipinski definition) is 4. The topological polar surface area (TPSA) is 55.8 Å². The molecule has 1 fully saturated rings. The Morgan fingerprint density at radius 1 is 1.09 bits per heavy atom. The summed E-state index contributed by atoms with van der Waals surface area (Å²) in [5.41, 5.74) is -0.516. The molecule has 2 N–H and O–H groups in total. The van der Waals surface area contributed by atoms with Gasteiger partial charge in [-0.15, -0.1) is 0 Å². The molecule has 0 spiro atoms. The lowest BCUT2D eigenvalue weighted by molar-refractivity contribution is 0.0843. The van der Waals surface area contributed by atoms with Gasteiger partial charge in [0.15, 0.2) is 17.5 Å². The predicted molar refractivity (Wildman–Crippen MR) is 73.7 cm³/mol. The molecule has 0 unspecified atom stereocenters. The van der Waals surface area contributed by atoms with Gasteiger partial charge in [-0.25, -0.2) is 13.2 Å². The van der Waals surface area contributed by atoms with Gasteiger partial charge < -0.3 is 10.4 Å². The molecule has 0 saturated carbocycles. The van der Waals surface area contributed by atoms with Gasteiger partial charge in [0, 0.05) is 32.7 Å². The number of piperazine rings is 1. The van der Waals surface area contributed by atoms with Crippen molar-refractivity contribution in [2.24, 2.45) is 0 Å². The monoisotopic (exact) mass is 317 g/mol. The van der Waals surface area contributed by atoms with Crippen LogP contribution in [0, 0.1) is 17.5 Å². The second-order valence-electron chi connectivity index (χ2n) is 5.07. The minimum atomic E-state index is -1.65. The lowest BCUT2D eigenvalue weighted by Crippen LogP contribution is -2.50. The van der Waals surface area contributed by atoms with E-state index in [0.29, 0.717) is 19.6 Å². The van der Waals surface area contributed by atoms with E-state index in [1.54, 1.807) is 0 Å². The number of rotatable bonds is 5. The molecule has 0 aliphatic carbocycles. The van der Waals surface area contributed by atoms with Crippen LogP contribution in [-0.4, -0.2) is 66.8 Å². The van der Waals surface area contributed by atoms with Crippen LogP contribution in [-0.2, 0) is 0 Å². The van der Waals surface area contributed by atoms with Crippen molar-refractivity contribution in [3.05, 3.63) is 35.1 Å². The summed E-state index contributed by atoms with van der Waals surface area (Å²) in [6.45, 7) is 3.82. The molecule has 0 radical (unpaired) electrons. The van der Waals surface area contributed by atoms with Crippen LogP contribution in [0.25, 0.3) is 0 Å². The minimum absolute atomic E-state index is 0.103. The van der Waals surface area contributed by atoms with Crippen LogP contribution in [0.15, 0.2) is 12.1 Å². The zero-order valence-corrected chi connectivity index (χ0v) is 12.0. The van der Waals surface area contributed by atoms with Gasteiger partial charge in [-0.1, -0.05) is 0 Å². The highest BCUT2D eigenvalue weighted by Crippen LogP contribution is 2.15. The largest absolute Gasteiger partial charge is 0.395 e. The first-order valence-electron chi connectivity index (χ1n) is 7.00. The van der Waals surface area contributed by atoms with E-state index in [-0.39, 0.29) is 13.3 Å². The number of amides is 1. The number of benzene rings is 1. The standard InChI is InChI=1S/C14H18F3N3O2/c15-11-2-1-10(12(16)13(11)17)14(22)18-9-20-5-3-19(4-6-20)7-8-21/h1-2,21H,3-9H2,(H,18,22). The number of nitrogens with one attached hydrogen (secondary N) is 1. The second kappa shape index (κ2) is 7.57. The first kappa shape index (κ1) is 16.7. The van der Waals surface area contributed by atoms with Crippen LogP contribution < -0.4 is 5.32 Å². The SMILES string of the molecule is O=C(NCN1CCN(CCO)CC1)c1ccc(F)c(F)c1F. The number of aliphatic hydroxyl groups is 1. The van der Waals surface area contributed by atoms with Gasteiger partial charge in [-0.3, -0.25) is 14.6 Å². The van der Waals surface area contributed by atoms with Crippen molar-refractivity contribution in [2.45, 2.75) is 0 Å². The van der Waals surface area contributed by atoms with Gasteiger partial charge in [0.05, 0.1) is 18.8 Å². The Morgan fingerprint density at radius 2 is 1.73 bits per heavy atom. The van der Waals surface area contributed by atoms with E-state index in [9.17, 15) is 18.0 Å². The molecule has 122 valence electrons. The maximum Gasteiger partial charge on any atom is 0.255 e. The third-order valence-electron chi connectivity index (χ3n) is 3.62. The second-order valence-corrected chi connectivity index (χ2v) is 5.07. The number of aliphatic hydroxyl groups excluding tert-OH is 1. The van der Waals surface area contributed by atoms with Crippen LogP contribution in [0.3, 0.4) is 0 Å². The Balaban J connectivity index is 1.85. The molecule has 1 amide bonds. The molecule has 8 heteroatoms. The molecule has 22 heavy (non-hydrogen) atoms. The lowest BCUT2D eigenvalue weighted by Gasteiger charge is -2.34. The fraction of sp³-hybridized carbons (Fsp3) is 0.500. The van der Waals surface area contributed by atoms with E-state index >= 15 is 0 Å². The van der Waals surface area contributed by atoms with Crippen molar-refractivity contribution >= 4 is 5.91 Å². The molecule has 1 aliphatic rings. The molecular formula is C14H18F3N3O2. The fourth-order valence-electron chi connectivity index (χ4n) is 2.29. The number of nitrogens with zero attached hydrogens (tertiary/aromatic N) is 2. The Hall–Kier alpha value is -1.64. The summed E-state index contributed by atoms with van der Waals surface area (Å²) in [7, 11) is 0. The molecule has 1 aromatic carbocycles. The number of carbonyl (C=O) groups is 1. The highest BCUT2D eigenvalue weighted by Gasteiger charge is 2.20. The van der Waals surface area contributed by atoms with Crippen molar-refractivity contribution in [3.63, 3.8) is 0 Å². The quantitative estimate of drug-likeness (QED) is 0.772. The van der Waals surface area contributed by atoms with E-state index < -0.39 is 28.9 Å². The number of hydrogen-bond donors (Lipinski definition) is 2. The number of β-amino-alcohol motifs (C(OH)–C–C–N with tert-alkyl or cyclic N) is 1. The Bertz CT molecular complexity index is 534. The van der Waals surface area contributed by atoms with Crippen molar-refractivity contribution in [1.29, 1.82) is 0 Å². The van der Waals surface area contributed by atoms with E-state index in [0.717, 1.165) is 25.2 Å². The summed E-state index contributed by atoms with van der Waals surface area (Å²) < 4.78 is 39.4. The van der Waals surface area contributed by atoms with Gasteiger partial charge in [0.25, 0.3) is 5.91 Å². The Labute approximate surface area is 126 Å². The van der Waals surface area contributed by atoms with Gasteiger partial charge >= 0.3 is 0 Å². The van der Waals surface area contributed by atoms with E-state index in [4.69, 9.17) is 5.11 Å². The lowest BCUT2D eigenvalue weighted by atomic mass is 10.2. The highest BCUT2D eigenvalue weighted by atomic mass is 19.2. The molecule has 0 atom stereocenters. The molecule has 0 aromatic heterocycles. The molecular weight excluding hydrogens is 299 g/mol. The predicted octanol–water partition coefficient (Wildman–Crippen LogP) is 0.401. The maximum atomic E-state index is 13.5. The van der Waals surface area contributed by atoms with E-state index in [1.165, 1.54) is 0 Å². The van der Waals surface area contributed by atoms with E-state index in [2.05, 4.69) is 10.2 Å². The van der Waals surface area contributed by atoms with E-state index in [1.807, 2.05) is 4.90 Å². The van der Waals surface area contributed by atoms with Gasteiger partial charge in [-0.2, -0.15) is 0 Å². The van der Waals surface area contributed by atoms with Crippen LogP contribution >= 0.6 is 0 Å². The fourth-order valence-corrected chi connectivity index (χ4v) is 2.29. The van der Waals surface area contributed by atoms with Crippen LogP contribution in [0.4, 0.5) is 13.2 Å². The molecule has 1 heterocycles. The number of halogens is 3. The molecule has 5 nitrogen and oxygen atoms in total. The maximum absolute atomic E-state index is 13.5. The van der Waals surface area contributed by atoms with Gasteiger partial charge in [0.1, 0.15) is 0 Å². The Kier molecular flexibility index (Phi) is 5.76. The van der Waals surface area contributed by atoms with Crippen molar-refractivity contribution in [2.75, 3.05) is 46.0 Å². The summed E-state index contributed by atoms with van der Waals surface area (Å²) in [5.74, 6) is -5.24. The highest BCUT2D eigenvalue weighted by molar-refractivity contribution is 5.94. The normalized spacial score (nSPS) is 16.7. The zero-order chi connectivity index (χ0) is 16.1.